The largest absolute Gasteiger partial charge is 0.304 e. The molecule has 0 saturated carbocycles. The second kappa shape index (κ2) is 9.20. The lowest BCUT2D eigenvalue weighted by atomic mass is 9.95. The van der Waals surface area contributed by atoms with E-state index in [9.17, 15) is 4.79 Å². The highest BCUT2D eigenvalue weighted by Crippen LogP contribution is 2.44. The number of carbonyl (C=O) groups is 1. The summed E-state index contributed by atoms with van der Waals surface area (Å²) in [6.45, 7) is 9.24. The number of hydrogen-bond donors (Lipinski definition) is 1. The van der Waals surface area contributed by atoms with Gasteiger partial charge >= 0.3 is 0 Å². The Morgan fingerprint density at radius 1 is 1.24 bits per heavy atom. The minimum atomic E-state index is 0.0299. The van der Waals surface area contributed by atoms with Crippen molar-refractivity contribution in [3.05, 3.63) is 35.3 Å². The van der Waals surface area contributed by atoms with Gasteiger partial charge in [0, 0.05) is 61.2 Å². The van der Waals surface area contributed by atoms with Crippen molar-refractivity contribution in [3.8, 4) is 21.8 Å². The number of aryl methyl sites for hydroxylation is 2. The zero-order valence-electron chi connectivity index (χ0n) is 20.6. The van der Waals surface area contributed by atoms with Crippen molar-refractivity contribution < 1.29 is 4.79 Å². The molecule has 3 aromatic rings. The molecule has 9 heteroatoms. The molecule has 5 rings (SSSR count). The summed E-state index contributed by atoms with van der Waals surface area (Å²) in [5.74, 6) is 0.0299. The fraction of sp³-hybridized carbons (Fsp3) is 0.520. The standard InChI is InChI=1S/C25H33N7OS/c1-15(2)32-23-19(22(29-32)17-7-6-16(3)26-13-17)8-9-20-24(23)34-25(27-20)28-21(33)12-18-14-30(4)10-11-31(18)5/h6-7,13,15,18H,8-12,14H2,1-5H3,(H,27,28,33). The van der Waals surface area contributed by atoms with Crippen molar-refractivity contribution in [2.24, 2.45) is 0 Å². The molecule has 2 aliphatic rings. The minimum Gasteiger partial charge on any atom is -0.304 e. The van der Waals surface area contributed by atoms with Crippen molar-refractivity contribution >= 4 is 22.4 Å². The third kappa shape index (κ3) is 4.39. The van der Waals surface area contributed by atoms with Crippen LogP contribution in [-0.4, -0.2) is 75.2 Å². The molecule has 1 aliphatic carbocycles. The van der Waals surface area contributed by atoms with E-state index in [1.165, 1.54) is 5.56 Å². The van der Waals surface area contributed by atoms with E-state index in [0.29, 0.717) is 11.6 Å². The Balaban J connectivity index is 1.42. The van der Waals surface area contributed by atoms with Crippen LogP contribution in [0.4, 0.5) is 5.13 Å². The first-order valence-electron chi connectivity index (χ1n) is 12.0. The first-order valence-corrected chi connectivity index (χ1v) is 12.8. The summed E-state index contributed by atoms with van der Waals surface area (Å²) >= 11 is 1.57. The van der Waals surface area contributed by atoms with Crippen LogP contribution >= 0.6 is 11.3 Å². The van der Waals surface area contributed by atoms with Crippen LogP contribution in [0.5, 0.6) is 0 Å². The lowest BCUT2D eigenvalue weighted by molar-refractivity contribution is -0.117. The summed E-state index contributed by atoms with van der Waals surface area (Å²) in [7, 11) is 4.21. The molecule has 1 amide bonds. The van der Waals surface area contributed by atoms with Gasteiger partial charge in [0.1, 0.15) is 0 Å². The van der Waals surface area contributed by atoms with Crippen LogP contribution in [0.1, 0.15) is 43.3 Å². The summed E-state index contributed by atoms with van der Waals surface area (Å²) < 4.78 is 2.11. The molecular weight excluding hydrogens is 446 g/mol. The molecule has 0 radical (unpaired) electrons. The Morgan fingerprint density at radius 2 is 2.06 bits per heavy atom. The number of aromatic nitrogens is 4. The monoisotopic (exact) mass is 479 g/mol. The maximum atomic E-state index is 12.9. The fourth-order valence-electron chi connectivity index (χ4n) is 4.87. The van der Waals surface area contributed by atoms with Crippen molar-refractivity contribution in [2.45, 2.75) is 52.1 Å². The average molecular weight is 480 g/mol. The third-order valence-electron chi connectivity index (χ3n) is 6.85. The van der Waals surface area contributed by atoms with Crippen molar-refractivity contribution in [3.63, 3.8) is 0 Å². The van der Waals surface area contributed by atoms with Gasteiger partial charge in [0.25, 0.3) is 0 Å². The van der Waals surface area contributed by atoms with E-state index >= 15 is 0 Å². The highest BCUT2D eigenvalue weighted by Gasteiger charge is 2.31. The van der Waals surface area contributed by atoms with Crippen LogP contribution in [0.3, 0.4) is 0 Å². The number of pyridine rings is 1. The van der Waals surface area contributed by atoms with Gasteiger partial charge in [0.2, 0.25) is 5.91 Å². The van der Waals surface area contributed by atoms with Crippen LogP contribution < -0.4 is 5.32 Å². The van der Waals surface area contributed by atoms with Crippen molar-refractivity contribution in [2.75, 3.05) is 39.0 Å². The molecule has 1 N–H and O–H groups in total. The lowest BCUT2D eigenvalue weighted by Gasteiger charge is -2.37. The van der Waals surface area contributed by atoms with E-state index in [1.807, 2.05) is 19.2 Å². The third-order valence-corrected chi connectivity index (χ3v) is 7.87. The number of nitrogens with zero attached hydrogens (tertiary/aromatic N) is 6. The number of likely N-dealkylation sites (N-methyl/N-ethyl adjacent to an activating group) is 2. The predicted molar refractivity (Wildman–Crippen MR) is 136 cm³/mol. The maximum absolute atomic E-state index is 12.9. The summed E-state index contributed by atoms with van der Waals surface area (Å²) in [4.78, 5) is 27.9. The van der Waals surface area contributed by atoms with Crippen LogP contribution in [-0.2, 0) is 17.6 Å². The topological polar surface area (TPSA) is 79.2 Å². The van der Waals surface area contributed by atoms with E-state index in [2.05, 4.69) is 58.8 Å². The van der Waals surface area contributed by atoms with Gasteiger partial charge in [0.05, 0.1) is 22.0 Å². The van der Waals surface area contributed by atoms with Crippen LogP contribution in [0.2, 0.25) is 0 Å². The molecule has 0 aromatic carbocycles. The minimum absolute atomic E-state index is 0.0299. The highest BCUT2D eigenvalue weighted by atomic mass is 32.1. The summed E-state index contributed by atoms with van der Waals surface area (Å²) in [5, 5.41) is 8.79. The van der Waals surface area contributed by atoms with Crippen molar-refractivity contribution in [1.29, 1.82) is 0 Å². The molecule has 1 aliphatic heterocycles. The normalized spacial score (nSPS) is 18.7. The van der Waals surface area contributed by atoms with Gasteiger partial charge in [0.15, 0.2) is 5.13 Å². The molecule has 1 unspecified atom stereocenters. The highest BCUT2D eigenvalue weighted by molar-refractivity contribution is 7.19. The predicted octanol–water partition coefficient (Wildman–Crippen LogP) is 3.63. The number of hydrogen-bond acceptors (Lipinski definition) is 7. The number of amides is 1. The lowest BCUT2D eigenvalue weighted by Crippen LogP contribution is -2.51. The first-order chi connectivity index (χ1) is 16.3. The fourth-order valence-corrected chi connectivity index (χ4v) is 5.96. The zero-order chi connectivity index (χ0) is 24.0. The number of fused-ring (bicyclic) bond motifs is 3. The summed E-state index contributed by atoms with van der Waals surface area (Å²) in [6.07, 6.45) is 4.12. The Kier molecular flexibility index (Phi) is 6.26. The maximum Gasteiger partial charge on any atom is 0.227 e. The number of carbonyl (C=O) groups excluding carboxylic acids is 1. The number of piperazine rings is 1. The molecule has 0 spiro atoms. The molecule has 180 valence electrons. The molecule has 1 fully saturated rings. The number of thiazole rings is 1. The van der Waals surface area contributed by atoms with Crippen molar-refractivity contribution in [1.82, 2.24) is 29.5 Å². The summed E-state index contributed by atoms with van der Waals surface area (Å²) in [6, 6.07) is 4.58. The van der Waals surface area contributed by atoms with Crippen LogP contribution in [0.25, 0.3) is 21.8 Å². The van der Waals surface area contributed by atoms with Gasteiger partial charge in [-0.2, -0.15) is 5.10 Å². The number of nitrogens with one attached hydrogen (secondary N) is 1. The van der Waals surface area contributed by atoms with Gasteiger partial charge in [-0.25, -0.2) is 4.98 Å². The Morgan fingerprint density at radius 3 is 2.79 bits per heavy atom. The molecule has 1 saturated heterocycles. The molecule has 8 nitrogen and oxygen atoms in total. The Bertz CT molecular complexity index is 1200. The SMILES string of the molecule is Cc1ccc(-c2nn(C(C)C)c3c2CCc2nc(NC(=O)CC4CN(C)CCN4C)sc2-3)cn1. The van der Waals surface area contributed by atoms with Gasteiger partial charge in [-0.15, -0.1) is 0 Å². The second-order valence-corrected chi connectivity index (χ2v) is 10.8. The van der Waals surface area contributed by atoms with Crippen LogP contribution in [0, 0.1) is 6.92 Å². The number of rotatable bonds is 5. The van der Waals surface area contributed by atoms with Crippen LogP contribution in [0.15, 0.2) is 18.3 Å². The zero-order valence-corrected chi connectivity index (χ0v) is 21.4. The Labute approximate surface area is 205 Å². The van der Waals surface area contributed by atoms with Gasteiger partial charge in [-0.05, 0) is 59.8 Å². The molecule has 4 heterocycles. The molecule has 0 bridgehead atoms. The van der Waals surface area contributed by atoms with Gasteiger partial charge < -0.3 is 15.1 Å². The van der Waals surface area contributed by atoms with E-state index in [4.69, 9.17) is 10.1 Å². The van der Waals surface area contributed by atoms with Gasteiger partial charge in [-0.1, -0.05) is 11.3 Å². The molecule has 34 heavy (non-hydrogen) atoms. The van der Waals surface area contributed by atoms with E-state index in [1.54, 1.807) is 11.3 Å². The average Bonchev–Trinajstić information content (AvgIpc) is 3.38. The molecule has 3 aromatic heterocycles. The van der Waals surface area contributed by atoms with Gasteiger partial charge in [-0.3, -0.25) is 14.5 Å². The Hall–Kier alpha value is -2.62. The first kappa shape index (κ1) is 23.1. The smallest absolute Gasteiger partial charge is 0.227 e. The van der Waals surface area contributed by atoms with E-state index < -0.39 is 0 Å². The molecule has 1 atom stereocenters. The summed E-state index contributed by atoms with van der Waals surface area (Å²) in [5.41, 5.74) is 6.49. The van der Waals surface area contributed by atoms with E-state index in [0.717, 1.165) is 65.7 Å². The van der Waals surface area contributed by atoms with E-state index in [-0.39, 0.29) is 18.0 Å². The second-order valence-electron chi connectivity index (χ2n) is 9.85. The molecular formula is C25H33N7OS. The number of anilines is 1. The quantitative estimate of drug-likeness (QED) is 0.602.